The topological polar surface area (TPSA) is 26.3 Å². The van der Waals surface area contributed by atoms with Crippen LogP contribution >= 0.6 is 22.7 Å². The minimum atomic E-state index is -5.72. The zero-order chi connectivity index (χ0) is 29.3. The van der Waals surface area contributed by atoms with Crippen molar-refractivity contribution in [2.75, 3.05) is 0 Å². The molecule has 0 amide bonds. The summed E-state index contributed by atoms with van der Waals surface area (Å²) in [5.41, 5.74) is -3.47. The second kappa shape index (κ2) is 9.46. The molecule has 2 aromatic heterocycles. The van der Waals surface area contributed by atoms with Gasteiger partial charge in [-0.25, -0.2) is 4.79 Å². The van der Waals surface area contributed by atoms with Gasteiger partial charge >= 0.3 is 23.7 Å². The van der Waals surface area contributed by atoms with Crippen molar-refractivity contribution in [2.45, 2.75) is 37.7 Å². The summed E-state index contributed by atoms with van der Waals surface area (Å²) in [5, 5.41) is 0.272. The van der Waals surface area contributed by atoms with Gasteiger partial charge in [-0.05, 0) is 38.1 Å². The van der Waals surface area contributed by atoms with Crippen molar-refractivity contribution in [2.24, 2.45) is 0 Å². The molecule has 2 nitrogen and oxygen atoms in total. The van der Waals surface area contributed by atoms with Crippen molar-refractivity contribution >= 4 is 60.0 Å². The van der Waals surface area contributed by atoms with Gasteiger partial charge in [-0.15, -0.1) is 22.7 Å². The fraction of sp³-hybridized carbons (Fsp3) is 0.194. The third-order valence-electron chi connectivity index (χ3n) is 7.22. The molecule has 1 atom stereocenters. The lowest BCUT2D eigenvalue weighted by Crippen LogP contribution is -2.49. The first kappa shape index (κ1) is 27.5. The Morgan fingerprint density at radius 3 is 1.80 bits per heavy atom. The summed E-state index contributed by atoms with van der Waals surface area (Å²) in [6.45, 7) is 2.86. The van der Waals surface area contributed by atoms with Crippen LogP contribution in [0.5, 0.6) is 0 Å². The van der Waals surface area contributed by atoms with Crippen LogP contribution in [0.3, 0.4) is 0 Å². The van der Waals surface area contributed by atoms with Gasteiger partial charge in [0.1, 0.15) is 6.10 Å². The van der Waals surface area contributed by atoms with Crippen LogP contribution in [-0.2, 0) is 4.74 Å². The summed E-state index contributed by atoms with van der Waals surface area (Å²) in [4.78, 5) is 13.0. The Kier molecular flexibility index (Phi) is 6.35. The number of esters is 1. The third-order valence-corrected chi connectivity index (χ3v) is 9.64. The van der Waals surface area contributed by atoms with E-state index in [1.54, 1.807) is 42.5 Å². The van der Waals surface area contributed by atoms with Crippen LogP contribution in [0.1, 0.15) is 44.3 Å². The highest BCUT2D eigenvalue weighted by atomic mass is 32.1. The molecular weight excluding hydrogens is 582 g/mol. The zero-order valence-electron chi connectivity index (χ0n) is 21.5. The molecule has 0 saturated carbocycles. The first-order valence-corrected chi connectivity index (χ1v) is 14.2. The highest BCUT2D eigenvalue weighted by Gasteiger charge is 2.80. The number of allylic oxidation sites excluding steroid dienone is 2. The van der Waals surface area contributed by atoms with E-state index in [9.17, 15) is 4.79 Å². The molecule has 10 heteroatoms. The molecule has 0 N–H and O–H groups in total. The minimum Gasteiger partial charge on any atom is -0.453 e. The van der Waals surface area contributed by atoms with Crippen LogP contribution in [0.4, 0.5) is 26.3 Å². The van der Waals surface area contributed by atoms with Crippen LogP contribution in [0.25, 0.3) is 31.3 Å². The molecular formula is C31H20F6O2S2. The summed E-state index contributed by atoms with van der Waals surface area (Å²) in [5.74, 6) is -16.9. The Labute approximate surface area is 238 Å². The molecule has 0 radical (unpaired) electrons. The molecule has 210 valence electrons. The van der Waals surface area contributed by atoms with E-state index in [1.165, 1.54) is 50.2 Å². The average molecular weight is 603 g/mol. The predicted octanol–water partition coefficient (Wildman–Crippen LogP) is 10.2. The smallest absolute Gasteiger partial charge is 0.380 e. The van der Waals surface area contributed by atoms with Gasteiger partial charge in [0.2, 0.25) is 0 Å². The summed E-state index contributed by atoms with van der Waals surface area (Å²) >= 11 is 1.99. The van der Waals surface area contributed by atoms with Gasteiger partial charge in [-0.3, -0.25) is 0 Å². The Morgan fingerprint density at radius 2 is 1.20 bits per heavy atom. The minimum absolute atomic E-state index is 0.0339. The molecule has 1 aliphatic carbocycles. The number of hydrogen-bond donors (Lipinski definition) is 0. The van der Waals surface area contributed by atoms with E-state index < -0.39 is 46.6 Å². The Bertz CT molecular complexity index is 1850. The van der Waals surface area contributed by atoms with Crippen LogP contribution < -0.4 is 0 Å². The summed E-state index contributed by atoms with van der Waals surface area (Å²) in [6, 6.07) is 20.3. The van der Waals surface area contributed by atoms with E-state index in [0.29, 0.717) is 9.40 Å². The number of benzene rings is 3. The molecule has 2 heterocycles. The molecule has 1 aliphatic rings. The fourth-order valence-electron chi connectivity index (χ4n) is 5.33. The van der Waals surface area contributed by atoms with Crippen molar-refractivity contribution in [3.63, 3.8) is 0 Å². The molecule has 0 spiro atoms. The van der Waals surface area contributed by atoms with Crippen molar-refractivity contribution in [3.05, 3.63) is 105 Å². The molecule has 5 aromatic rings. The number of halogens is 6. The average Bonchev–Trinajstić information content (AvgIpc) is 3.51. The first-order valence-electron chi connectivity index (χ1n) is 12.5. The lowest BCUT2D eigenvalue weighted by molar-refractivity contribution is -0.254. The summed E-state index contributed by atoms with van der Waals surface area (Å²) < 4.78 is 100. The molecule has 0 aliphatic heterocycles. The highest BCUT2D eigenvalue weighted by Crippen LogP contribution is 2.67. The Morgan fingerprint density at radius 1 is 0.707 bits per heavy atom. The number of ether oxygens (including phenoxy) is 1. The van der Waals surface area contributed by atoms with Gasteiger partial charge in [-0.2, -0.15) is 26.3 Å². The monoisotopic (exact) mass is 602 g/mol. The zero-order valence-corrected chi connectivity index (χ0v) is 23.1. The molecule has 0 unspecified atom stereocenters. The van der Waals surface area contributed by atoms with Crippen molar-refractivity contribution in [1.82, 2.24) is 0 Å². The number of carbonyl (C=O) groups excluding carboxylic acids is 1. The normalized spacial score (nSPS) is 18.2. The van der Waals surface area contributed by atoms with Crippen molar-refractivity contribution in [3.8, 4) is 0 Å². The van der Waals surface area contributed by atoms with Gasteiger partial charge in [0.15, 0.2) is 0 Å². The number of alkyl halides is 6. The fourth-order valence-corrected chi connectivity index (χ4v) is 7.59. The number of aryl methyl sites for hydroxylation is 1. The third kappa shape index (κ3) is 3.94. The van der Waals surface area contributed by atoms with E-state index in [0.717, 1.165) is 22.7 Å². The van der Waals surface area contributed by atoms with Crippen molar-refractivity contribution in [1.29, 1.82) is 0 Å². The van der Waals surface area contributed by atoms with E-state index in [2.05, 4.69) is 0 Å². The van der Waals surface area contributed by atoms with Crippen LogP contribution in [-0.4, -0.2) is 23.7 Å². The highest BCUT2D eigenvalue weighted by molar-refractivity contribution is 7.19. The molecule has 41 heavy (non-hydrogen) atoms. The Hall–Kier alpha value is -3.63. The van der Waals surface area contributed by atoms with E-state index >= 15 is 26.3 Å². The lowest BCUT2D eigenvalue weighted by atomic mass is 9.91. The van der Waals surface area contributed by atoms with Gasteiger partial charge < -0.3 is 4.74 Å². The molecule has 6 rings (SSSR count). The standard InChI is InChI=1S/C31H20F6O2S2/c1-16(39-28(38)18-10-4-3-5-11-18)27-24(20-13-7-9-15-22(20)41-27)26-25(29(32,33)31(36,37)30(26,34)35)23-17(2)40-21-14-8-6-12-19(21)23/h3-16H,1-2H3/t16-/m0/s1. The summed E-state index contributed by atoms with van der Waals surface area (Å²) in [7, 11) is 0. The second-order valence-corrected chi connectivity index (χ2v) is 12.1. The number of carbonyl (C=O) groups is 1. The molecule has 0 saturated heterocycles. The predicted molar refractivity (Wildman–Crippen MR) is 150 cm³/mol. The molecule has 0 fully saturated rings. The van der Waals surface area contributed by atoms with Gasteiger partial charge in [0.25, 0.3) is 0 Å². The number of hydrogen-bond acceptors (Lipinski definition) is 4. The maximum absolute atomic E-state index is 15.9. The number of thiophene rings is 2. The Balaban J connectivity index is 1.67. The second-order valence-electron chi connectivity index (χ2n) is 9.75. The molecule has 0 bridgehead atoms. The quantitative estimate of drug-likeness (QED) is 0.148. The molecule has 3 aromatic carbocycles. The maximum Gasteiger partial charge on any atom is 0.380 e. The summed E-state index contributed by atoms with van der Waals surface area (Å²) in [6.07, 6.45) is -1.22. The number of fused-ring (bicyclic) bond motifs is 2. The van der Waals surface area contributed by atoms with Crippen LogP contribution in [0.2, 0.25) is 0 Å². The van der Waals surface area contributed by atoms with E-state index in [-0.39, 0.29) is 31.7 Å². The van der Waals surface area contributed by atoms with Gasteiger partial charge in [-0.1, -0.05) is 54.6 Å². The van der Waals surface area contributed by atoms with E-state index in [4.69, 9.17) is 4.74 Å². The van der Waals surface area contributed by atoms with Crippen LogP contribution in [0, 0.1) is 6.92 Å². The largest absolute Gasteiger partial charge is 0.453 e. The first-order chi connectivity index (χ1) is 19.4. The van der Waals surface area contributed by atoms with Gasteiger partial charge in [0, 0.05) is 47.3 Å². The van der Waals surface area contributed by atoms with Crippen LogP contribution in [0.15, 0.2) is 78.9 Å². The maximum atomic E-state index is 15.9. The SMILES string of the molecule is Cc1sc2ccccc2c1C1=C(c2c([C@H](C)OC(=O)c3ccccc3)sc3ccccc23)C(F)(F)C(F)(F)C1(F)F. The van der Waals surface area contributed by atoms with Gasteiger partial charge in [0.05, 0.1) is 10.4 Å². The number of rotatable bonds is 5. The lowest BCUT2D eigenvalue weighted by Gasteiger charge is -2.26. The van der Waals surface area contributed by atoms with Crippen molar-refractivity contribution < 1.29 is 35.9 Å². The van der Waals surface area contributed by atoms with E-state index in [1.807, 2.05) is 0 Å².